The zero-order chi connectivity index (χ0) is 18.4. The van der Waals surface area contributed by atoms with Crippen molar-refractivity contribution in [3.63, 3.8) is 0 Å². The van der Waals surface area contributed by atoms with Gasteiger partial charge in [0.15, 0.2) is 0 Å². The van der Waals surface area contributed by atoms with Gasteiger partial charge in [0.1, 0.15) is 10.7 Å². The molecule has 0 amide bonds. The molecule has 2 rings (SSSR count). The van der Waals surface area contributed by atoms with E-state index < -0.39 is 14.9 Å². The Labute approximate surface area is 145 Å². The Hall–Kier alpha value is -2.72. The number of hydrogen-bond acceptors (Lipinski definition) is 7. The lowest BCUT2D eigenvalue weighted by molar-refractivity contribution is -0.385. The number of non-ortho nitro benzene ring substituents is 1. The number of furan rings is 1. The Morgan fingerprint density at radius 1 is 1.32 bits per heavy atom. The highest BCUT2D eigenvalue weighted by atomic mass is 32.2. The maximum absolute atomic E-state index is 12.8. The Morgan fingerprint density at radius 2 is 2.04 bits per heavy atom. The van der Waals surface area contributed by atoms with Crippen molar-refractivity contribution in [1.82, 2.24) is 4.31 Å². The molecule has 25 heavy (non-hydrogen) atoms. The topological polar surface area (TPSA) is 118 Å². The van der Waals surface area contributed by atoms with Crippen LogP contribution in [0.5, 0.6) is 0 Å². The van der Waals surface area contributed by atoms with E-state index in [1.165, 1.54) is 28.9 Å². The van der Waals surface area contributed by atoms with Crippen LogP contribution in [-0.4, -0.2) is 37.0 Å². The second kappa shape index (κ2) is 7.90. The van der Waals surface area contributed by atoms with Crippen LogP contribution < -0.4 is 5.43 Å². The molecule has 0 spiro atoms. The third kappa shape index (κ3) is 4.22. The molecule has 9 nitrogen and oxygen atoms in total. The van der Waals surface area contributed by atoms with Crippen LogP contribution in [-0.2, 0) is 10.0 Å². The first-order valence-corrected chi connectivity index (χ1v) is 8.95. The van der Waals surface area contributed by atoms with Gasteiger partial charge in [-0.1, -0.05) is 13.8 Å². The van der Waals surface area contributed by atoms with Crippen LogP contribution >= 0.6 is 0 Å². The molecule has 0 saturated carbocycles. The van der Waals surface area contributed by atoms with Crippen molar-refractivity contribution >= 4 is 27.6 Å². The number of anilines is 1. The van der Waals surface area contributed by atoms with Gasteiger partial charge >= 0.3 is 0 Å². The van der Waals surface area contributed by atoms with Gasteiger partial charge in [0.25, 0.3) is 5.69 Å². The number of hydrazone groups is 1. The number of hydrogen-bond donors (Lipinski definition) is 1. The molecule has 2 aromatic rings. The molecule has 1 N–H and O–H groups in total. The highest BCUT2D eigenvalue weighted by molar-refractivity contribution is 7.89. The van der Waals surface area contributed by atoms with E-state index in [1.54, 1.807) is 26.0 Å². The smallest absolute Gasteiger partial charge is 0.270 e. The second-order valence-electron chi connectivity index (χ2n) is 4.91. The summed E-state index contributed by atoms with van der Waals surface area (Å²) in [5.41, 5.74) is 2.43. The maximum atomic E-state index is 12.8. The number of benzene rings is 1. The van der Waals surface area contributed by atoms with E-state index >= 15 is 0 Å². The average Bonchev–Trinajstić information content (AvgIpc) is 3.09. The van der Waals surface area contributed by atoms with Crippen LogP contribution in [0.4, 0.5) is 11.4 Å². The predicted octanol–water partition coefficient (Wildman–Crippen LogP) is 2.66. The van der Waals surface area contributed by atoms with Crippen molar-refractivity contribution in [3.8, 4) is 0 Å². The van der Waals surface area contributed by atoms with Gasteiger partial charge in [-0.3, -0.25) is 15.5 Å². The Morgan fingerprint density at radius 3 is 2.60 bits per heavy atom. The summed E-state index contributed by atoms with van der Waals surface area (Å²) in [6.45, 7) is 3.88. The molecule has 1 aromatic heterocycles. The minimum absolute atomic E-state index is 0.139. The van der Waals surface area contributed by atoms with E-state index in [9.17, 15) is 18.5 Å². The zero-order valence-corrected chi connectivity index (χ0v) is 14.6. The highest BCUT2D eigenvalue weighted by Crippen LogP contribution is 2.29. The van der Waals surface area contributed by atoms with Gasteiger partial charge in [0.2, 0.25) is 10.0 Å². The van der Waals surface area contributed by atoms with Crippen LogP contribution in [0.1, 0.15) is 19.6 Å². The van der Waals surface area contributed by atoms with Crippen LogP contribution in [0.25, 0.3) is 0 Å². The minimum atomic E-state index is -3.90. The minimum Gasteiger partial charge on any atom is -0.463 e. The normalized spacial score (nSPS) is 12.0. The van der Waals surface area contributed by atoms with Crippen LogP contribution in [0.15, 0.2) is 51.0 Å². The van der Waals surface area contributed by atoms with Gasteiger partial charge in [0, 0.05) is 25.2 Å². The first-order valence-electron chi connectivity index (χ1n) is 7.51. The van der Waals surface area contributed by atoms with Gasteiger partial charge in [-0.2, -0.15) is 9.41 Å². The molecule has 0 unspecified atom stereocenters. The summed E-state index contributed by atoms with van der Waals surface area (Å²) < 4.78 is 31.9. The molecule has 1 heterocycles. The van der Waals surface area contributed by atoms with Crippen molar-refractivity contribution in [1.29, 1.82) is 0 Å². The number of sulfonamides is 1. The van der Waals surface area contributed by atoms with Gasteiger partial charge in [0.05, 0.1) is 23.1 Å². The van der Waals surface area contributed by atoms with Gasteiger partial charge in [-0.05, 0) is 18.2 Å². The summed E-state index contributed by atoms with van der Waals surface area (Å²) in [5.74, 6) is 0.475. The monoisotopic (exact) mass is 366 g/mol. The summed E-state index contributed by atoms with van der Waals surface area (Å²) in [7, 11) is -3.90. The summed E-state index contributed by atoms with van der Waals surface area (Å²) >= 11 is 0. The van der Waals surface area contributed by atoms with Crippen LogP contribution in [0.3, 0.4) is 0 Å². The van der Waals surface area contributed by atoms with E-state index in [-0.39, 0.29) is 29.4 Å². The fraction of sp³-hybridized carbons (Fsp3) is 0.267. The lowest BCUT2D eigenvalue weighted by Gasteiger charge is -2.20. The standard InChI is InChI=1S/C15H18N4O5S/c1-3-18(4-2)25(22,23)15-10-12(19(20)21)7-8-14(15)17-16-11-13-6-5-9-24-13/h5-11,17H,3-4H2,1-2H3/b16-11-. The summed E-state index contributed by atoms with van der Waals surface area (Å²) in [4.78, 5) is 10.2. The Kier molecular flexibility index (Phi) is 5.88. The third-order valence-electron chi connectivity index (χ3n) is 3.42. The molecule has 0 saturated heterocycles. The van der Waals surface area contributed by atoms with Crippen LogP contribution in [0, 0.1) is 10.1 Å². The number of nitro groups is 1. The summed E-state index contributed by atoms with van der Waals surface area (Å²) in [6.07, 6.45) is 2.85. The van der Waals surface area contributed by atoms with Gasteiger partial charge in [-0.15, -0.1) is 0 Å². The number of rotatable bonds is 8. The molecule has 0 radical (unpaired) electrons. The number of nitrogens with zero attached hydrogens (tertiary/aromatic N) is 3. The molecule has 0 aliphatic carbocycles. The predicted molar refractivity (Wildman–Crippen MR) is 93.1 cm³/mol. The fourth-order valence-electron chi connectivity index (χ4n) is 2.16. The van der Waals surface area contributed by atoms with Crippen molar-refractivity contribution in [2.45, 2.75) is 18.7 Å². The van der Waals surface area contributed by atoms with E-state index in [2.05, 4.69) is 10.5 Å². The quantitative estimate of drug-likeness (QED) is 0.436. The van der Waals surface area contributed by atoms with Gasteiger partial charge < -0.3 is 4.42 Å². The molecular weight excluding hydrogens is 348 g/mol. The van der Waals surface area contributed by atoms with Gasteiger partial charge in [-0.25, -0.2) is 8.42 Å². The molecule has 0 aliphatic heterocycles. The lowest BCUT2D eigenvalue weighted by Crippen LogP contribution is -2.31. The Bertz CT molecular complexity index is 858. The van der Waals surface area contributed by atoms with E-state index in [4.69, 9.17) is 4.42 Å². The first kappa shape index (κ1) is 18.6. The summed E-state index contributed by atoms with van der Waals surface area (Å²) in [6, 6.07) is 6.91. The number of nitro benzene ring substituents is 1. The lowest BCUT2D eigenvalue weighted by atomic mass is 10.3. The Balaban J connectivity index is 2.43. The van der Waals surface area contributed by atoms with Crippen LogP contribution in [0.2, 0.25) is 0 Å². The van der Waals surface area contributed by atoms with E-state index in [1.807, 2.05) is 0 Å². The first-order chi connectivity index (χ1) is 11.9. The molecule has 1 aromatic carbocycles. The van der Waals surface area contributed by atoms with Crippen molar-refractivity contribution in [2.24, 2.45) is 5.10 Å². The summed E-state index contributed by atoms with van der Waals surface area (Å²) in [5, 5.41) is 14.9. The average molecular weight is 366 g/mol. The van der Waals surface area contributed by atoms with E-state index in [0.717, 1.165) is 6.07 Å². The molecule has 0 fully saturated rings. The molecule has 0 bridgehead atoms. The molecular formula is C15H18N4O5S. The largest absolute Gasteiger partial charge is 0.463 e. The maximum Gasteiger partial charge on any atom is 0.270 e. The molecule has 134 valence electrons. The molecule has 10 heteroatoms. The van der Waals surface area contributed by atoms with E-state index in [0.29, 0.717) is 5.76 Å². The fourth-order valence-corrected chi connectivity index (χ4v) is 3.78. The van der Waals surface area contributed by atoms with Crippen molar-refractivity contribution < 1.29 is 17.8 Å². The molecule has 0 aliphatic rings. The molecule has 0 atom stereocenters. The zero-order valence-electron chi connectivity index (χ0n) is 13.7. The van der Waals surface area contributed by atoms with Crippen molar-refractivity contribution in [3.05, 3.63) is 52.5 Å². The highest BCUT2D eigenvalue weighted by Gasteiger charge is 2.27. The third-order valence-corrected chi connectivity index (χ3v) is 5.51. The SMILES string of the molecule is CCN(CC)S(=O)(=O)c1cc([N+](=O)[O-])ccc1N/N=C\c1ccco1. The second-order valence-corrected chi connectivity index (χ2v) is 6.82. The number of nitrogens with one attached hydrogen (secondary N) is 1. The van der Waals surface area contributed by atoms with Crippen molar-refractivity contribution in [2.75, 3.05) is 18.5 Å².